The van der Waals surface area contributed by atoms with Crippen molar-refractivity contribution in [3.8, 4) is 57.2 Å². The monoisotopic (exact) mass is 571 g/mol. The van der Waals surface area contributed by atoms with Crippen molar-refractivity contribution in [2.45, 2.75) is 59.8 Å². The van der Waals surface area contributed by atoms with Crippen molar-refractivity contribution in [2.75, 3.05) is 26.4 Å². The van der Waals surface area contributed by atoms with E-state index in [0.29, 0.717) is 66.9 Å². The summed E-state index contributed by atoms with van der Waals surface area (Å²) in [6.07, 6.45) is 4.56. The van der Waals surface area contributed by atoms with Crippen LogP contribution in [0.4, 0.5) is 0 Å². The number of phenolic OH excluding ortho intramolecular Hbond substituents is 2. The van der Waals surface area contributed by atoms with Crippen LogP contribution in [0.5, 0.6) is 23.0 Å². The van der Waals surface area contributed by atoms with Gasteiger partial charge in [0.2, 0.25) is 0 Å². The molecule has 0 atom stereocenters. The van der Waals surface area contributed by atoms with Gasteiger partial charge in [-0.25, -0.2) is 15.0 Å². The zero-order valence-electron chi connectivity index (χ0n) is 25.0. The highest BCUT2D eigenvalue weighted by molar-refractivity contribution is 5.74. The van der Waals surface area contributed by atoms with Crippen LogP contribution in [0.3, 0.4) is 0 Å². The van der Waals surface area contributed by atoms with Gasteiger partial charge in [0.1, 0.15) is 23.0 Å². The van der Waals surface area contributed by atoms with Crippen molar-refractivity contribution >= 4 is 0 Å². The molecule has 2 N–H and O–H groups in total. The van der Waals surface area contributed by atoms with Gasteiger partial charge < -0.3 is 24.4 Å². The van der Waals surface area contributed by atoms with Crippen LogP contribution in [0.25, 0.3) is 34.2 Å². The standard InChI is InChI=1S/C34H41N3O5/c1-5-8-17-41-25-12-15-27(30(39)22-25)33-35-32(26-14-11-24(21-29(26)38)16-19-40-7-3)36-34(37-33)28-13-10-23(4)20-31(28)42-18-9-6-2/h10-15,20-22,38-39H,5-9,16-19H2,1-4H3. The van der Waals surface area contributed by atoms with E-state index in [1.807, 2.05) is 38.1 Å². The molecule has 4 aromatic rings. The predicted octanol–water partition coefficient (Wildman–Crippen LogP) is 7.53. The minimum atomic E-state index is -0.00841. The van der Waals surface area contributed by atoms with Gasteiger partial charge in [-0.3, -0.25) is 0 Å². The summed E-state index contributed by atoms with van der Waals surface area (Å²) in [5.41, 5.74) is 3.58. The van der Waals surface area contributed by atoms with Gasteiger partial charge in [-0.15, -0.1) is 0 Å². The largest absolute Gasteiger partial charge is 0.507 e. The Kier molecular flexibility index (Phi) is 11.1. The molecule has 222 valence electrons. The summed E-state index contributed by atoms with van der Waals surface area (Å²) in [4.78, 5) is 14.3. The lowest BCUT2D eigenvalue weighted by Crippen LogP contribution is -2.04. The van der Waals surface area contributed by atoms with Crippen molar-refractivity contribution < 1.29 is 24.4 Å². The summed E-state index contributed by atoms with van der Waals surface area (Å²) in [6, 6.07) is 16.4. The molecule has 4 rings (SSSR count). The van der Waals surface area contributed by atoms with Crippen molar-refractivity contribution in [1.82, 2.24) is 15.0 Å². The van der Waals surface area contributed by atoms with E-state index in [-0.39, 0.29) is 23.1 Å². The quantitative estimate of drug-likeness (QED) is 0.141. The van der Waals surface area contributed by atoms with Gasteiger partial charge in [-0.05, 0) is 80.6 Å². The number of aromatic hydroxyl groups is 2. The Morgan fingerprint density at radius 2 is 1.24 bits per heavy atom. The SMILES string of the molecule is CCCCOc1ccc(-c2nc(-c3ccc(CCOCC)cc3O)nc(-c3ccc(C)cc3OCCCC)n2)c(O)c1. The van der Waals surface area contributed by atoms with E-state index in [9.17, 15) is 10.2 Å². The highest BCUT2D eigenvalue weighted by atomic mass is 16.5. The molecule has 0 amide bonds. The average Bonchev–Trinajstić information content (AvgIpc) is 2.97. The molecule has 0 fully saturated rings. The molecule has 0 saturated carbocycles. The number of unbranched alkanes of at least 4 members (excludes halogenated alkanes) is 2. The normalized spacial score (nSPS) is 11.0. The second kappa shape index (κ2) is 15.2. The van der Waals surface area contributed by atoms with Crippen molar-refractivity contribution in [3.63, 3.8) is 0 Å². The lowest BCUT2D eigenvalue weighted by atomic mass is 10.1. The third kappa shape index (κ3) is 7.97. The molecule has 0 spiro atoms. The highest BCUT2D eigenvalue weighted by Gasteiger charge is 2.19. The van der Waals surface area contributed by atoms with Gasteiger partial charge in [0.05, 0.1) is 36.5 Å². The van der Waals surface area contributed by atoms with Crippen LogP contribution in [0.2, 0.25) is 0 Å². The first kappa shape index (κ1) is 30.8. The summed E-state index contributed by atoms with van der Waals surface area (Å²) in [5.74, 6) is 2.23. The number of hydrogen-bond donors (Lipinski definition) is 2. The lowest BCUT2D eigenvalue weighted by molar-refractivity contribution is 0.151. The van der Waals surface area contributed by atoms with Gasteiger partial charge in [0, 0.05) is 12.7 Å². The maximum Gasteiger partial charge on any atom is 0.167 e. The Labute approximate surface area is 248 Å². The Balaban J connectivity index is 1.81. The Morgan fingerprint density at radius 1 is 0.643 bits per heavy atom. The second-order valence-electron chi connectivity index (χ2n) is 10.2. The van der Waals surface area contributed by atoms with Gasteiger partial charge in [0.15, 0.2) is 17.5 Å². The molecule has 42 heavy (non-hydrogen) atoms. The molecule has 8 nitrogen and oxygen atoms in total. The molecule has 8 heteroatoms. The van der Waals surface area contributed by atoms with E-state index in [1.54, 1.807) is 30.3 Å². The number of aromatic nitrogens is 3. The molecule has 0 radical (unpaired) electrons. The predicted molar refractivity (Wildman–Crippen MR) is 165 cm³/mol. The van der Waals surface area contributed by atoms with E-state index in [1.165, 1.54) is 0 Å². The third-order valence-corrected chi connectivity index (χ3v) is 6.79. The Hall–Kier alpha value is -4.17. The van der Waals surface area contributed by atoms with E-state index in [4.69, 9.17) is 29.2 Å². The number of phenols is 2. The summed E-state index contributed by atoms with van der Waals surface area (Å²) >= 11 is 0. The van der Waals surface area contributed by atoms with Crippen LogP contribution >= 0.6 is 0 Å². The fourth-order valence-corrected chi connectivity index (χ4v) is 4.38. The fourth-order valence-electron chi connectivity index (χ4n) is 4.38. The summed E-state index contributed by atoms with van der Waals surface area (Å²) in [6.45, 7) is 10.5. The van der Waals surface area contributed by atoms with Crippen LogP contribution in [-0.4, -0.2) is 51.6 Å². The van der Waals surface area contributed by atoms with Crippen LogP contribution in [0, 0.1) is 6.92 Å². The Morgan fingerprint density at radius 3 is 1.86 bits per heavy atom. The first-order chi connectivity index (χ1) is 20.4. The number of nitrogens with zero attached hydrogens (tertiary/aromatic N) is 3. The minimum Gasteiger partial charge on any atom is -0.507 e. The topological polar surface area (TPSA) is 107 Å². The van der Waals surface area contributed by atoms with Gasteiger partial charge in [-0.1, -0.05) is 38.8 Å². The summed E-state index contributed by atoms with van der Waals surface area (Å²) < 4.78 is 17.4. The van der Waals surface area contributed by atoms with Crippen LogP contribution in [0.15, 0.2) is 54.6 Å². The molecular weight excluding hydrogens is 530 g/mol. The number of benzene rings is 3. The van der Waals surface area contributed by atoms with Gasteiger partial charge in [-0.2, -0.15) is 0 Å². The molecule has 0 aliphatic rings. The zero-order chi connectivity index (χ0) is 29.9. The van der Waals surface area contributed by atoms with E-state index in [0.717, 1.165) is 36.8 Å². The summed E-state index contributed by atoms with van der Waals surface area (Å²) in [7, 11) is 0. The second-order valence-corrected chi connectivity index (χ2v) is 10.2. The molecule has 0 aliphatic heterocycles. The highest BCUT2D eigenvalue weighted by Crippen LogP contribution is 2.36. The van der Waals surface area contributed by atoms with Crippen molar-refractivity contribution in [3.05, 3.63) is 65.7 Å². The number of aryl methyl sites for hydroxylation is 1. The first-order valence-electron chi connectivity index (χ1n) is 14.8. The van der Waals surface area contributed by atoms with E-state index < -0.39 is 0 Å². The molecule has 1 heterocycles. The number of hydrogen-bond acceptors (Lipinski definition) is 8. The fraction of sp³-hybridized carbons (Fsp3) is 0.382. The van der Waals surface area contributed by atoms with Crippen molar-refractivity contribution in [1.29, 1.82) is 0 Å². The molecule has 0 unspecified atom stereocenters. The molecule has 1 aromatic heterocycles. The zero-order valence-corrected chi connectivity index (χ0v) is 25.0. The van der Waals surface area contributed by atoms with Gasteiger partial charge in [0.25, 0.3) is 0 Å². The maximum atomic E-state index is 11.0. The lowest BCUT2D eigenvalue weighted by Gasteiger charge is -2.14. The smallest absolute Gasteiger partial charge is 0.167 e. The molecule has 0 aliphatic carbocycles. The molecule has 0 saturated heterocycles. The molecule has 3 aromatic carbocycles. The van der Waals surface area contributed by atoms with E-state index in [2.05, 4.69) is 13.8 Å². The summed E-state index contributed by atoms with van der Waals surface area (Å²) in [5, 5.41) is 22.0. The average molecular weight is 572 g/mol. The van der Waals surface area contributed by atoms with Gasteiger partial charge >= 0.3 is 0 Å². The number of ether oxygens (including phenoxy) is 3. The van der Waals surface area contributed by atoms with Crippen LogP contribution in [0.1, 0.15) is 57.6 Å². The first-order valence-corrected chi connectivity index (χ1v) is 14.8. The van der Waals surface area contributed by atoms with Crippen molar-refractivity contribution in [2.24, 2.45) is 0 Å². The third-order valence-electron chi connectivity index (χ3n) is 6.79. The minimum absolute atomic E-state index is 0.00841. The molecular formula is C34H41N3O5. The van der Waals surface area contributed by atoms with Crippen LogP contribution < -0.4 is 9.47 Å². The Bertz CT molecular complexity index is 1400. The number of rotatable bonds is 15. The molecule has 0 bridgehead atoms. The maximum absolute atomic E-state index is 11.0. The van der Waals surface area contributed by atoms with Crippen LogP contribution in [-0.2, 0) is 11.2 Å². The van der Waals surface area contributed by atoms with E-state index >= 15 is 0 Å².